The van der Waals surface area contributed by atoms with Gasteiger partial charge in [-0.1, -0.05) is 23.7 Å². The van der Waals surface area contributed by atoms with E-state index in [9.17, 15) is 4.79 Å². The molecule has 0 aliphatic rings. The summed E-state index contributed by atoms with van der Waals surface area (Å²) in [7, 11) is 3.15. The maximum atomic E-state index is 12.2. The van der Waals surface area contributed by atoms with Gasteiger partial charge in [-0.15, -0.1) is 0 Å². The van der Waals surface area contributed by atoms with Crippen LogP contribution in [0.15, 0.2) is 42.5 Å². The molecule has 0 aliphatic heterocycles. The molecule has 0 atom stereocenters. The fourth-order valence-corrected chi connectivity index (χ4v) is 2.13. The number of carbonyl (C=O) groups is 1. The van der Waals surface area contributed by atoms with Gasteiger partial charge in [0.05, 0.1) is 19.2 Å². The Morgan fingerprint density at radius 1 is 1.05 bits per heavy atom. The Balaban J connectivity index is 2.12. The minimum atomic E-state index is 0.0136. The number of benzene rings is 2. The maximum Gasteiger partial charge on any atom is 0.167 e. The topological polar surface area (TPSA) is 35.5 Å². The molecule has 0 saturated carbocycles. The van der Waals surface area contributed by atoms with Crippen LogP contribution >= 0.6 is 11.6 Å². The van der Waals surface area contributed by atoms with Crippen LogP contribution in [0.2, 0.25) is 5.02 Å². The third kappa shape index (κ3) is 3.31. The first-order chi connectivity index (χ1) is 9.63. The average molecular weight is 291 g/mol. The molecule has 0 saturated heterocycles. The van der Waals surface area contributed by atoms with E-state index in [-0.39, 0.29) is 5.78 Å². The lowest BCUT2D eigenvalue weighted by Crippen LogP contribution is -2.03. The zero-order valence-electron chi connectivity index (χ0n) is 11.4. The van der Waals surface area contributed by atoms with Gasteiger partial charge in [-0.25, -0.2) is 0 Å². The standard InChI is InChI=1S/C16H15ClO3/c1-19-13-6-3-11(4-7-13)9-15(18)12-5-8-16(20-2)14(17)10-12/h3-8,10H,9H2,1-2H3. The smallest absolute Gasteiger partial charge is 0.167 e. The first-order valence-corrected chi connectivity index (χ1v) is 6.51. The number of methoxy groups -OCH3 is 2. The highest BCUT2D eigenvalue weighted by atomic mass is 35.5. The van der Waals surface area contributed by atoms with Crippen LogP contribution in [0.25, 0.3) is 0 Å². The van der Waals surface area contributed by atoms with Crippen LogP contribution in [0.5, 0.6) is 11.5 Å². The molecule has 0 amide bonds. The minimum Gasteiger partial charge on any atom is -0.497 e. The second-order valence-electron chi connectivity index (χ2n) is 4.30. The number of halogens is 1. The first-order valence-electron chi connectivity index (χ1n) is 6.13. The highest BCUT2D eigenvalue weighted by Crippen LogP contribution is 2.25. The second kappa shape index (κ2) is 6.44. The van der Waals surface area contributed by atoms with Crippen molar-refractivity contribution < 1.29 is 14.3 Å². The predicted octanol–water partition coefficient (Wildman–Crippen LogP) is 3.78. The van der Waals surface area contributed by atoms with E-state index in [0.29, 0.717) is 22.8 Å². The molecular formula is C16H15ClO3. The quantitative estimate of drug-likeness (QED) is 0.786. The van der Waals surface area contributed by atoms with Crippen molar-refractivity contribution in [1.82, 2.24) is 0 Å². The third-order valence-electron chi connectivity index (χ3n) is 3.00. The van der Waals surface area contributed by atoms with Crippen LogP contribution in [0.1, 0.15) is 15.9 Å². The van der Waals surface area contributed by atoms with Gasteiger partial charge in [-0.3, -0.25) is 4.79 Å². The Morgan fingerprint density at radius 2 is 1.75 bits per heavy atom. The molecule has 0 unspecified atom stereocenters. The van der Waals surface area contributed by atoms with Crippen LogP contribution in [-0.4, -0.2) is 20.0 Å². The van der Waals surface area contributed by atoms with Crippen LogP contribution < -0.4 is 9.47 Å². The zero-order chi connectivity index (χ0) is 14.5. The Morgan fingerprint density at radius 3 is 2.30 bits per heavy atom. The lowest BCUT2D eigenvalue weighted by Gasteiger charge is -2.06. The van der Waals surface area contributed by atoms with Gasteiger partial charge in [0.25, 0.3) is 0 Å². The van der Waals surface area contributed by atoms with Crippen molar-refractivity contribution in [3.63, 3.8) is 0 Å². The van der Waals surface area contributed by atoms with Crippen molar-refractivity contribution >= 4 is 17.4 Å². The van der Waals surface area contributed by atoms with Crippen molar-refractivity contribution in [2.45, 2.75) is 6.42 Å². The molecule has 0 aromatic heterocycles. The number of carbonyl (C=O) groups excluding carboxylic acids is 1. The Bertz CT molecular complexity index is 606. The van der Waals surface area contributed by atoms with Gasteiger partial charge in [0.1, 0.15) is 11.5 Å². The van der Waals surface area contributed by atoms with E-state index >= 15 is 0 Å². The van der Waals surface area contributed by atoms with E-state index in [0.717, 1.165) is 11.3 Å². The molecular weight excluding hydrogens is 276 g/mol. The lowest BCUT2D eigenvalue weighted by molar-refractivity contribution is 0.0993. The van der Waals surface area contributed by atoms with Gasteiger partial charge in [-0.2, -0.15) is 0 Å². The number of hydrogen-bond donors (Lipinski definition) is 0. The highest BCUT2D eigenvalue weighted by Gasteiger charge is 2.10. The molecule has 0 fully saturated rings. The zero-order valence-corrected chi connectivity index (χ0v) is 12.1. The van der Waals surface area contributed by atoms with E-state index in [1.807, 2.05) is 24.3 Å². The maximum absolute atomic E-state index is 12.2. The van der Waals surface area contributed by atoms with Crippen molar-refractivity contribution in [3.8, 4) is 11.5 Å². The molecule has 0 spiro atoms. The third-order valence-corrected chi connectivity index (χ3v) is 3.29. The largest absolute Gasteiger partial charge is 0.497 e. The highest BCUT2D eigenvalue weighted by molar-refractivity contribution is 6.32. The molecule has 2 aromatic rings. The fourth-order valence-electron chi connectivity index (χ4n) is 1.87. The molecule has 0 aliphatic carbocycles. The van der Waals surface area contributed by atoms with Gasteiger partial charge in [-0.05, 0) is 35.9 Å². The predicted molar refractivity (Wildman–Crippen MR) is 79.0 cm³/mol. The summed E-state index contributed by atoms with van der Waals surface area (Å²) < 4.78 is 10.2. The summed E-state index contributed by atoms with van der Waals surface area (Å²) in [5.41, 5.74) is 1.51. The van der Waals surface area contributed by atoms with Crippen molar-refractivity contribution in [3.05, 3.63) is 58.6 Å². The number of rotatable bonds is 5. The Labute approximate surface area is 123 Å². The van der Waals surface area contributed by atoms with E-state index in [4.69, 9.17) is 21.1 Å². The Hall–Kier alpha value is -2.00. The molecule has 0 radical (unpaired) electrons. The molecule has 0 heterocycles. The average Bonchev–Trinajstić information content (AvgIpc) is 2.48. The summed E-state index contributed by atoms with van der Waals surface area (Å²) in [5, 5.41) is 0.438. The lowest BCUT2D eigenvalue weighted by atomic mass is 10.0. The number of Topliss-reactive ketones (excluding diaryl/α,β-unsaturated/α-hetero) is 1. The normalized spacial score (nSPS) is 10.2. The number of ether oxygens (including phenoxy) is 2. The SMILES string of the molecule is COc1ccc(CC(=O)c2ccc(OC)c(Cl)c2)cc1. The van der Waals surface area contributed by atoms with E-state index in [1.165, 1.54) is 0 Å². The number of hydrogen-bond acceptors (Lipinski definition) is 3. The molecule has 3 nitrogen and oxygen atoms in total. The first kappa shape index (κ1) is 14.4. The second-order valence-corrected chi connectivity index (χ2v) is 4.70. The summed E-state index contributed by atoms with van der Waals surface area (Å²) >= 11 is 6.02. The molecule has 20 heavy (non-hydrogen) atoms. The Kier molecular flexibility index (Phi) is 4.64. The van der Waals surface area contributed by atoms with E-state index in [1.54, 1.807) is 32.4 Å². The summed E-state index contributed by atoms with van der Waals surface area (Å²) in [6.07, 6.45) is 0.326. The number of ketones is 1. The molecule has 4 heteroatoms. The summed E-state index contributed by atoms with van der Waals surface area (Å²) in [4.78, 5) is 12.2. The van der Waals surface area contributed by atoms with Gasteiger partial charge in [0, 0.05) is 12.0 Å². The monoisotopic (exact) mass is 290 g/mol. The molecule has 2 rings (SSSR count). The van der Waals surface area contributed by atoms with Crippen LogP contribution in [0.3, 0.4) is 0 Å². The summed E-state index contributed by atoms with van der Waals surface area (Å²) in [5.74, 6) is 1.35. The van der Waals surface area contributed by atoms with Crippen LogP contribution in [-0.2, 0) is 6.42 Å². The van der Waals surface area contributed by atoms with E-state index < -0.39 is 0 Å². The van der Waals surface area contributed by atoms with Crippen molar-refractivity contribution in [2.24, 2.45) is 0 Å². The molecule has 2 aromatic carbocycles. The molecule has 0 bridgehead atoms. The van der Waals surface area contributed by atoms with E-state index in [2.05, 4.69) is 0 Å². The fraction of sp³-hybridized carbons (Fsp3) is 0.188. The minimum absolute atomic E-state index is 0.0136. The van der Waals surface area contributed by atoms with Gasteiger partial charge in [0.15, 0.2) is 5.78 Å². The molecule has 104 valence electrons. The van der Waals surface area contributed by atoms with Gasteiger partial charge >= 0.3 is 0 Å². The molecule has 0 N–H and O–H groups in total. The van der Waals surface area contributed by atoms with Crippen LogP contribution in [0.4, 0.5) is 0 Å². The van der Waals surface area contributed by atoms with Gasteiger partial charge < -0.3 is 9.47 Å². The van der Waals surface area contributed by atoms with Crippen molar-refractivity contribution in [1.29, 1.82) is 0 Å². The summed E-state index contributed by atoms with van der Waals surface area (Å²) in [6, 6.07) is 12.5. The summed E-state index contributed by atoms with van der Waals surface area (Å²) in [6.45, 7) is 0. The van der Waals surface area contributed by atoms with Crippen molar-refractivity contribution in [2.75, 3.05) is 14.2 Å². The van der Waals surface area contributed by atoms with Gasteiger partial charge in [0.2, 0.25) is 0 Å². The van der Waals surface area contributed by atoms with Crippen LogP contribution in [0, 0.1) is 0 Å².